The van der Waals surface area contributed by atoms with Gasteiger partial charge in [0.15, 0.2) is 5.96 Å². The largest absolute Gasteiger partial charge is 0.489 e. The molecule has 0 aliphatic heterocycles. The molecule has 2 aromatic carbocycles. The van der Waals surface area contributed by atoms with Crippen molar-refractivity contribution in [3.05, 3.63) is 65.7 Å². The summed E-state index contributed by atoms with van der Waals surface area (Å²) in [6, 6.07) is 18.1. The average Bonchev–Trinajstić information content (AvgIpc) is 2.76. The molecule has 0 saturated carbocycles. The van der Waals surface area contributed by atoms with Gasteiger partial charge in [0.05, 0.1) is 19.8 Å². The molecule has 0 heterocycles. The van der Waals surface area contributed by atoms with E-state index in [1.807, 2.05) is 42.5 Å². The van der Waals surface area contributed by atoms with E-state index in [4.69, 9.17) is 19.2 Å². The zero-order valence-electron chi connectivity index (χ0n) is 17.5. The van der Waals surface area contributed by atoms with Crippen LogP contribution in [0.5, 0.6) is 5.75 Å². The summed E-state index contributed by atoms with van der Waals surface area (Å²) in [5.41, 5.74) is 2.30. The van der Waals surface area contributed by atoms with Crippen LogP contribution in [0.4, 0.5) is 0 Å². The third-order valence-electron chi connectivity index (χ3n) is 4.20. The van der Waals surface area contributed by atoms with Gasteiger partial charge in [-0.1, -0.05) is 42.5 Å². The number of nitrogens with zero attached hydrogens (tertiary/aromatic N) is 1. The standard InChI is InChI=1S/C23H33N3O3/c1-3-24-23(25-14-9-15-28-17-16-27-2)26-18-20-10-7-8-11-21(20)19-29-22-12-5-4-6-13-22/h4-8,10-13H,3,9,14-19H2,1-2H3,(H2,24,25,26). The predicted octanol–water partition coefficient (Wildman–Crippen LogP) is 3.37. The Balaban J connectivity index is 1.84. The van der Waals surface area contributed by atoms with Gasteiger partial charge in [-0.15, -0.1) is 0 Å². The van der Waals surface area contributed by atoms with Crippen LogP contribution >= 0.6 is 0 Å². The van der Waals surface area contributed by atoms with Gasteiger partial charge in [-0.05, 0) is 36.6 Å². The normalized spacial score (nSPS) is 11.3. The minimum Gasteiger partial charge on any atom is -0.489 e. The van der Waals surface area contributed by atoms with Gasteiger partial charge in [-0.2, -0.15) is 0 Å². The van der Waals surface area contributed by atoms with E-state index in [1.54, 1.807) is 7.11 Å². The summed E-state index contributed by atoms with van der Waals surface area (Å²) in [5.74, 6) is 1.68. The van der Waals surface area contributed by atoms with Crippen molar-refractivity contribution in [2.24, 2.45) is 4.99 Å². The highest BCUT2D eigenvalue weighted by atomic mass is 16.5. The van der Waals surface area contributed by atoms with Gasteiger partial charge in [0, 0.05) is 26.8 Å². The zero-order valence-corrected chi connectivity index (χ0v) is 17.5. The minimum atomic E-state index is 0.526. The Labute approximate surface area is 174 Å². The van der Waals surface area contributed by atoms with Crippen molar-refractivity contribution < 1.29 is 14.2 Å². The number of methoxy groups -OCH3 is 1. The molecule has 0 radical (unpaired) electrons. The fourth-order valence-electron chi connectivity index (χ4n) is 2.66. The number of rotatable bonds is 13. The van der Waals surface area contributed by atoms with Crippen molar-refractivity contribution in [1.82, 2.24) is 10.6 Å². The molecule has 0 aliphatic carbocycles. The summed E-state index contributed by atoms with van der Waals surface area (Å²) in [7, 11) is 1.68. The first-order valence-corrected chi connectivity index (χ1v) is 10.2. The summed E-state index contributed by atoms with van der Waals surface area (Å²) < 4.78 is 16.4. The van der Waals surface area contributed by atoms with E-state index in [0.717, 1.165) is 42.3 Å². The first-order valence-electron chi connectivity index (χ1n) is 10.2. The summed E-state index contributed by atoms with van der Waals surface area (Å²) in [6.45, 7) is 6.76. The summed E-state index contributed by atoms with van der Waals surface area (Å²) in [4.78, 5) is 4.72. The molecule has 0 aromatic heterocycles. The second-order valence-corrected chi connectivity index (χ2v) is 6.45. The fraction of sp³-hybridized carbons (Fsp3) is 0.435. The highest BCUT2D eigenvalue weighted by molar-refractivity contribution is 5.79. The van der Waals surface area contributed by atoms with Crippen LogP contribution < -0.4 is 15.4 Å². The Morgan fingerprint density at radius 3 is 2.41 bits per heavy atom. The zero-order chi connectivity index (χ0) is 20.6. The van der Waals surface area contributed by atoms with Gasteiger partial charge in [0.2, 0.25) is 0 Å². The molecule has 0 bridgehead atoms. The lowest BCUT2D eigenvalue weighted by molar-refractivity contribution is 0.0698. The minimum absolute atomic E-state index is 0.526. The number of benzene rings is 2. The molecule has 0 amide bonds. The van der Waals surface area contributed by atoms with Crippen LogP contribution in [0.1, 0.15) is 24.5 Å². The van der Waals surface area contributed by atoms with Crippen LogP contribution in [0.25, 0.3) is 0 Å². The average molecular weight is 400 g/mol. The van der Waals surface area contributed by atoms with Crippen molar-refractivity contribution in [3.63, 3.8) is 0 Å². The highest BCUT2D eigenvalue weighted by Crippen LogP contribution is 2.15. The van der Waals surface area contributed by atoms with Gasteiger partial charge < -0.3 is 24.8 Å². The lowest BCUT2D eigenvalue weighted by atomic mass is 10.1. The smallest absolute Gasteiger partial charge is 0.191 e. The van der Waals surface area contributed by atoms with Crippen molar-refractivity contribution >= 4 is 5.96 Å². The van der Waals surface area contributed by atoms with E-state index in [2.05, 4.69) is 29.7 Å². The molecule has 0 unspecified atom stereocenters. The molecule has 6 heteroatoms. The molecule has 0 aliphatic rings. The van der Waals surface area contributed by atoms with E-state index in [-0.39, 0.29) is 0 Å². The van der Waals surface area contributed by atoms with Crippen molar-refractivity contribution in [2.75, 3.05) is 40.0 Å². The van der Waals surface area contributed by atoms with Gasteiger partial charge in [0.1, 0.15) is 12.4 Å². The number of para-hydroxylation sites is 1. The van der Waals surface area contributed by atoms with Crippen LogP contribution in [0.3, 0.4) is 0 Å². The Hall–Kier alpha value is -2.57. The van der Waals surface area contributed by atoms with E-state index < -0.39 is 0 Å². The molecule has 2 aromatic rings. The maximum Gasteiger partial charge on any atom is 0.191 e. The second-order valence-electron chi connectivity index (χ2n) is 6.45. The summed E-state index contributed by atoms with van der Waals surface area (Å²) in [6.07, 6.45) is 0.912. The number of hydrogen-bond donors (Lipinski definition) is 2. The number of guanidine groups is 1. The van der Waals surface area contributed by atoms with E-state index in [9.17, 15) is 0 Å². The Bertz CT molecular complexity index is 708. The molecule has 0 fully saturated rings. The lowest BCUT2D eigenvalue weighted by Crippen LogP contribution is -2.38. The van der Waals surface area contributed by atoms with Crippen LogP contribution in [-0.2, 0) is 22.6 Å². The molecular formula is C23H33N3O3. The fourth-order valence-corrected chi connectivity index (χ4v) is 2.66. The van der Waals surface area contributed by atoms with Gasteiger partial charge in [0.25, 0.3) is 0 Å². The van der Waals surface area contributed by atoms with Crippen LogP contribution in [-0.4, -0.2) is 46.0 Å². The molecule has 0 atom stereocenters. The molecule has 2 rings (SSSR count). The molecule has 6 nitrogen and oxygen atoms in total. The number of nitrogens with one attached hydrogen (secondary N) is 2. The summed E-state index contributed by atoms with van der Waals surface area (Å²) >= 11 is 0. The molecule has 0 saturated heterocycles. The van der Waals surface area contributed by atoms with E-state index in [0.29, 0.717) is 33.0 Å². The number of hydrogen-bond acceptors (Lipinski definition) is 4. The molecule has 2 N–H and O–H groups in total. The first-order chi connectivity index (χ1) is 14.3. The summed E-state index contributed by atoms with van der Waals surface area (Å²) in [5, 5.41) is 6.64. The molecule has 29 heavy (non-hydrogen) atoms. The van der Waals surface area contributed by atoms with Gasteiger partial charge in [-0.25, -0.2) is 4.99 Å². The van der Waals surface area contributed by atoms with Crippen LogP contribution in [0.2, 0.25) is 0 Å². The molecular weight excluding hydrogens is 366 g/mol. The second kappa shape index (κ2) is 14.4. The third kappa shape index (κ3) is 9.45. The van der Waals surface area contributed by atoms with Crippen LogP contribution in [0, 0.1) is 0 Å². The van der Waals surface area contributed by atoms with Crippen molar-refractivity contribution in [2.45, 2.75) is 26.5 Å². The first kappa shape index (κ1) is 22.7. The maximum absolute atomic E-state index is 5.90. The Morgan fingerprint density at radius 1 is 0.897 bits per heavy atom. The number of aliphatic imine (C=N–C) groups is 1. The van der Waals surface area contributed by atoms with Gasteiger partial charge >= 0.3 is 0 Å². The molecule has 0 spiro atoms. The molecule has 158 valence electrons. The maximum atomic E-state index is 5.90. The van der Waals surface area contributed by atoms with E-state index in [1.165, 1.54) is 0 Å². The predicted molar refractivity (Wildman–Crippen MR) is 117 cm³/mol. The van der Waals surface area contributed by atoms with Crippen molar-refractivity contribution in [1.29, 1.82) is 0 Å². The Kier molecular flexibility index (Phi) is 11.3. The monoisotopic (exact) mass is 399 g/mol. The quantitative estimate of drug-likeness (QED) is 0.307. The topological polar surface area (TPSA) is 64.1 Å². The third-order valence-corrected chi connectivity index (χ3v) is 4.20. The van der Waals surface area contributed by atoms with E-state index >= 15 is 0 Å². The van der Waals surface area contributed by atoms with Crippen LogP contribution in [0.15, 0.2) is 59.6 Å². The van der Waals surface area contributed by atoms with Gasteiger partial charge in [-0.3, -0.25) is 0 Å². The van der Waals surface area contributed by atoms with Crippen molar-refractivity contribution in [3.8, 4) is 5.75 Å². The Morgan fingerprint density at radius 2 is 1.66 bits per heavy atom. The highest BCUT2D eigenvalue weighted by Gasteiger charge is 2.04. The lowest BCUT2D eigenvalue weighted by Gasteiger charge is -2.13. The SMILES string of the molecule is CCNC(=NCc1ccccc1COc1ccccc1)NCCCOCCOC. The number of ether oxygens (including phenoxy) is 3.